The third kappa shape index (κ3) is 2.77. The van der Waals surface area contributed by atoms with Gasteiger partial charge in [-0.15, -0.1) is 0 Å². The fourth-order valence-electron chi connectivity index (χ4n) is 2.75. The second-order valence-corrected chi connectivity index (χ2v) is 5.34. The summed E-state index contributed by atoms with van der Waals surface area (Å²) in [6, 6.07) is 7.04. The Hall–Kier alpha value is -2.71. The number of carboxylic acids is 1. The first-order valence-corrected chi connectivity index (χ1v) is 7.10. The van der Waals surface area contributed by atoms with Gasteiger partial charge in [-0.05, 0) is 17.7 Å². The minimum atomic E-state index is -4.81. The van der Waals surface area contributed by atoms with Crippen LogP contribution >= 0.6 is 0 Å². The third-order valence-corrected chi connectivity index (χ3v) is 3.82. The van der Waals surface area contributed by atoms with Gasteiger partial charge < -0.3 is 14.7 Å². The SMILES string of the molecule is COc1ccc(CN2CCn3nc(C(F)(F)F)c(C(=O)O)c32)cc1. The fourth-order valence-corrected chi connectivity index (χ4v) is 2.75. The van der Waals surface area contributed by atoms with E-state index in [2.05, 4.69) is 5.10 Å². The summed E-state index contributed by atoms with van der Waals surface area (Å²) < 4.78 is 45.2. The Labute approximate surface area is 135 Å². The van der Waals surface area contributed by atoms with Crippen LogP contribution in [0.1, 0.15) is 21.6 Å². The average Bonchev–Trinajstić information content (AvgIpc) is 3.07. The zero-order valence-corrected chi connectivity index (χ0v) is 12.7. The fraction of sp³-hybridized carbons (Fsp3) is 0.333. The van der Waals surface area contributed by atoms with Gasteiger partial charge in [-0.2, -0.15) is 18.3 Å². The Kier molecular flexibility index (Phi) is 3.86. The van der Waals surface area contributed by atoms with Crippen molar-refractivity contribution in [3.05, 3.63) is 41.1 Å². The van der Waals surface area contributed by atoms with E-state index in [1.807, 2.05) is 0 Å². The zero-order chi connectivity index (χ0) is 17.5. The van der Waals surface area contributed by atoms with Gasteiger partial charge >= 0.3 is 12.1 Å². The van der Waals surface area contributed by atoms with Crippen LogP contribution in [0.3, 0.4) is 0 Å². The summed E-state index contributed by atoms with van der Waals surface area (Å²) in [6.07, 6.45) is -4.81. The van der Waals surface area contributed by atoms with E-state index >= 15 is 0 Å². The zero-order valence-electron chi connectivity index (χ0n) is 12.7. The molecule has 0 saturated heterocycles. The molecule has 1 N–H and O–H groups in total. The molecule has 2 heterocycles. The smallest absolute Gasteiger partial charge is 0.436 e. The van der Waals surface area contributed by atoms with Gasteiger partial charge in [0, 0.05) is 13.1 Å². The summed E-state index contributed by atoms with van der Waals surface area (Å²) in [5.74, 6) is -0.980. The van der Waals surface area contributed by atoms with Crippen LogP contribution in [0.4, 0.5) is 19.0 Å². The molecule has 1 aromatic heterocycles. The third-order valence-electron chi connectivity index (χ3n) is 3.82. The van der Waals surface area contributed by atoms with Gasteiger partial charge in [-0.3, -0.25) is 0 Å². The molecule has 6 nitrogen and oxygen atoms in total. The molecule has 0 amide bonds. The molecule has 0 aliphatic carbocycles. The Morgan fingerprint density at radius 1 is 1.29 bits per heavy atom. The van der Waals surface area contributed by atoms with E-state index in [4.69, 9.17) is 4.74 Å². The van der Waals surface area contributed by atoms with E-state index in [1.54, 1.807) is 29.2 Å². The molecule has 2 aromatic rings. The Bertz CT molecular complexity index is 769. The maximum Gasteiger partial charge on any atom is 0.436 e. The van der Waals surface area contributed by atoms with E-state index in [9.17, 15) is 23.1 Å². The van der Waals surface area contributed by atoms with Crippen molar-refractivity contribution < 1.29 is 27.8 Å². The molecule has 128 valence electrons. The highest BCUT2D eigenvalue weighted by molar-refractivity contribution is 5.95. The molecule has 3 rings (SSSR count). The molecule has 24 heavy (non-hydrogen) atoms. The van der Waals surface area contributed by atoms with Crippen LogP contribution in [0.15, 0.2) is 24.3 Å². The molecule has 1 aliphatic heterocycles. The number of aromatic carboxylic acids is 1. The Balaban J connectivity index is 1.95. The summed E-state index contributed by atoms with van der Waals surface area (Å²) in [7, 11) is 1.53. The minimum absolute atomic E-state index is 0.00866. The van der Waals surface area contributed by atoms with Gasteiger partial charge in [0.2, 0.25) is 0 Å². The topological polar surface area (TPSA) is 67.6 Å². The quantitative estimate of drug-likeness (QED) is 0.926. The number of rotatable bonds is 4. The van der Waals surface area contributed by atoms with Crippen molar-refractivity contribution in [2.75, 3.05) is 18.6 Å². The molecule has 0 saturated carbocycles. The predicted molar refractivity (Wildman–Crippen MR) is 78.2 cm³/mol. The molecule has 1 aliphatic rings. The van der Waals surface area contributed by atoms with Gasteiger partial charge in [-0.25, -0.2) is 9.48 Å². The van der Waals surface area contributed by atoms with Crippen LogP contribution in [0.2, 0.25) is 0 Å². The lowest BCUT2D eigenvalue weighted by molar-refractivity contribution is -0.142. The second kappa shape index (κ2) is 5.73. The molecule has 0 atom stereocenters. The molecular weight excluding hydrogens is 327 g/mol. The van der Waals surface area contributed by atoms with Crippen molar-refractivity contribution in [3.8, 4) is 5.75 Å². The summed E-state index contributed by atoms with van der Waals surface area (Å²) in [5.41, 5.74) is -1.33. The highest BCUT2D eigenvalue weighted by Crippen LogP contribution is 2.38. The first-order chi connectivity index (χ1) is 11.3. The van der Waals surface area contributed by atoms with Crippen LogP contribution in [0.5, 0.6) is 5.75 Å². The van der Waals surface area contributed by atoms with Crippen LogP contribution in [0, 0.1) is 0 Å². The van der Waals surface area contributed by atoms with Crippen molar-refractivity contribution in [1.29, 1.82) is 0 Å². The van der Waals surface area contributed by atoms with Crippen molar-refractivity contribution in [3.63, 3.8) is 0 Å². The van der Waals surface area contributed by atoms with Crippen molar-refractivity contribution in [2.45, 2.75) is 19.3 Å². The number of ether oxygens (including phenoxy) is 1. The molecule has 0 radical (unpaired) electrons. The van der Waals surface area contributed by atoms with Crippen LogP contribution in [-0.4, -0.2) is 34.5 Å². The van der Waals surface area contributed by atoms with Crippen molar-refractivity contribution in [1.82, 2.24) is 9.78 Å². The number of anilines is 1. The molecule has 0 unspecified atom stereocenters. The number of halogens is 3. The Morgan fingerprint density at radius 2 is 1.96 bits per heavy atom. The molecule has 0 fully saturated rings. The Morgan fingerprint density at radius 3 is 2.50 bits per heavy atom. The van der Waals surface area contributed by atoms with Gasteiger partial charge in [0.25, 0.3) is 0 Å². The van der Waals surface area contributed by atoms with E-state index in [0.29, 0.717) is 12.3 Å². The van der Waals surface area contributed by atoms with E-state index in [-0.39, 0.29) is 18.9 Å². The van der Waals surface area contributed by atoms with Crippen LogP contribution < -0.4 is 9.64 Å². The number of hydrogen-bond acceptors (Lipinski definition) is 4. The lowest BCUT2D eigenvalue weighted by atomic mass is 10.1. The van der Waals surface area contributed by atoms with Gasteiger partial charge in [-0.1, -0.05) is 12.1 Å². The molecule has 1 aromatic carbocycles. The highest BCUT2D eigenvalue weighted by Gasteiger charge is 2.44. The summed E-state index contributed by atoms with van der Waals surface area (Å²) in [5, 5.41) is 12.7. The van der Waals surface area contributed by atoms with Gasteiger partial charge in [0.15, 0.2) is 5.69 Å². The number of aromatic nitrogens is 2. The molecule has 0 bridgehead atoms. The lowest BCUT2D eigenvalue weighted by Crippen LogP contribution is -2.23. The van der Waals surface area contributed by atoms with E-state index in [1.165, 1.54) is 7.11 Å². The van der Waals surface area contributed by atoms with Crippen LogP contribution in [0.25, 0.3) is 0 Å². The average molecular weight is 341 g/mol. The van der Waals surface area contributed by atoms with E-state index < -0.39 is 23.4 Å². The van der Waals surface area contributed by atoms with Gasteiger partial charge in [0.1, 0.15) is 17.1 Å². The summed E-state index contributed by atoms with van der Waals surface area (Å²) in [6.45, 7) is 0.891. The second-order valence-electron chi connectivity index (χ2n) is 5.34. The first kappa shape index (κ1) is 16.2. The minimum Gasteiger partial charge on any atom is -0.497 e. The normalized spacial score (nSPS) is 13.9. The monoisotopic (exact) mass is 341 g/mol. The largest absolute Gasteiger partial charge is 0.497 e. The number of fused-ring (bicyclic) bond motifs is 1. The maximum absolute atomic E-state index is 13.0. The molecular formula is C15H14F3N3O3. The maximum atomic E-state index is 13.0. The standard InChI is InChI=1S/C15H14F3N3O3/c1-24-10-4-2-9(3-5-10)8-20-6-7-21-13(20)11(14(22)23)12(19-21)15(16,17)18/h2-5H,6-8H2,1H3,(H,22,23). The molecule has 9 heteroatoms. The number of hydrogen-bond donors (Lipinski definition) is 1. The van der Waals surface area contributed by atoms with Crippen molar-refractivity contribution in [2.24, 2.45) is 0 Å². The lowest BCUT2D eigenvalue weighted by Gasteiger charge is -2.18. The molecule has 0 spiro atoms. The summed E-state index contributed by atoms with van der Waals surface area (Å²) in [4.78, 5) is 13.0. The number of nitrogens with zero attached hydrogens (tertiary/aromatic N) is 3. The van der Waals surface area contributed by atoms with Gasteiger partial charge in [0.05, 0.1) is 13.7 Å². The number of alkyl halides is 3. The van der Waals surface area contributed by atoms with Crippen molar-refractivity contribution >= 4 is 11.8 Å². The highest BCUT2D eigenvalue weighted by atomic mass is 19.4. The van der Waals surface area contributed by atoms with E-state index in [0.717, 1.165) is 10.2 Å². The number of methoxy groups -OCH3 is 1. The number of carboxylic acid groups (broad SMARTS) is 1. The number of benzene rings is 1. The number of carbonyl (C=O) groups is 1. The predicted octanol–water partition coefficient (Wildman–Crippen LogP) is 2.63. The summed E-state index contributed by atoms with van der Waals surface area (Å²) >= 11 is 0. The van der Waals surface area contributed by atoms with Crippen LogP contribution in [-0.2, 0) is 19.3 Å². The first-order valence-electron chi connectivity index (χ1n) is 7.10.